The summed E-state index contributed by atoms with van der Waals surface area (Å²) in [6.07, 6.45) is 5.47. The van der Waals surface area contributed by atoms with Gasteiger partial charge in [0.2, 0.25) is 5.91 Å². The van der Waals surface area contributed by atoms with Gasteiger partial charge in [0.05, 0.1) is 42.8 Å². The van der Waals surface area contributed by atoms with Crippen molar-refractivity contribution in [2.75, 3.05) is 13.2 Å². The maximum absolute atomic E-state index is 12.6. The fraction of sp³-hybridized carbons (Fsp3) is 0.471. The number of carbonyl (C=O) groups excluding carboxylic acids is 1. The number of carbonyl (C=O) groups is 1. The number of nitrogens with zero attached hydrogens (tertiary/aromatic N) is 4. The molecule has 1 aliphatic carbocycles. The number of rotatable bonds is 3. The molecule has 23 heavy (non-hydrogen) atoms. The second-order valence-corrected chi connectivity index (χ2v) is 6.13. The van der Waals surface area contributed by atoms with Gasteiger partial charge in [0.15, 0.2) is 0 Å². The van der Waals surface area contributed by atoms with Crippen molar-refractivity contribution in [2.45, 2.75) is 37.8 Å². The number of para-hydroxylation sites is 1. The molecule has 0 N–H and O–H groups in total. The molecule has 6 nitrogen and oxygen atoms in total. The van der Waals surface area contributed by atoms with E-state index in [0.29, 0.717) is 25.3 Å². The highest BCUT2D eigenvalue weighted by atomic mass is 16.5. The molecule has 2 unspecified atom stereocenters. The van der Waals surface area contributed by atoms with Crippen molar-refractivity contribution >= 4 is 5.91 Å². The summed E-state index contributed by atoms with van der Waals surface area (Å²) < 4.78 is 5.77. The molecule has 120 valence electrons. The molecule has 0 bridgehead atoms. The van der Waals surface area contributed by atoms with Gasteiger partial charge in [0.25, 0.3) is 0 Å². The number of morpholine rings is 1. The van der Waals surface area contributed by atoms with Gasteiger partial charge in [0, 0.05) is 6.54 Å². The first kappa shape index (κ1) is 14.4. The minimum absolute atomic E-state index is 0.130. The van der Waals surface area contributed by atoms with E-state index in [2.05, 4.69) is 10.2 Å². The maximum atomic E-state index is 12.6. The van der Waals surface area contributed by atoms with Crippen molar-refractivity contribution < 1.29 is 9.53 Å². The van der Waals surface area contributed by atoms with Gasteiger partial charge in [-0.05, 0) is 31.4 Å². The van der Waals surface area contributed by atoms with E-state index in [4.69, 9.17) is 4.74 Å². The van der Waals surface area contributed by atoms with Crippen LogP contribution in [0.25, 0.3) is 5.69 Å². The van der Waals surface area contributed by atoms with Crippen LogP contribution in [-0.2, 0) is 16.0 Å². The highest BCUT2D eigenvalue weighted by Gasteiger charge is 2.38. The van der Waals surface area contributed by atoms with E-state index < -0.39 is 0 Å². The molecule has 1 amide bonds. The van der Waals surface area contributed by atoms with Crippen LogP contribution in [0.3, 0.4) is 0 Å². The molecule has 2 heterocycles. The normalized spacial score (nSPS) is 23.7. The first-order valence-electron chi connectivity index (χ1n) is 8.19. The van der Waals surface area contributed by atoms with Crippen molar-refractivity contribution in [3.8, 4) is 5.69 Å². The second kappa shape index (κ2) is 6.12. The molecule has 6 heteroatoms. The van der Waals surface area contributed by atoms with Crippen LogP contribution >= 0.6 is 0 Å². The molecular formula is C17H20N4O2. The molecule has 1 aromatic carbocycles. The molecular weight excluding hydrogens is 292 g/mol. The maximum Gasteiger partial charge on any atom is 0.229 e. The average Bonchev–Trinajstić information content (AvgIpc) is 3.24. The first-order valence-corrected chi connectivity index (χ1v) is 8.19. The summed E-state index contributed by atoms with van der Waals surface area (Å²) >= 11 is 0. The van der Waals surface area contributed by atoms with Crippen LogP contribution in [0.15, 0.2) is 36.5 Å². The zero-order valence-corrected chi connectivity index (χ0v) is 13.0. The Labute approximate surface area is 135 Å². The molecule has 1 saturated heterocycles. The van der Waals surface area contributed by atoms with Crippen molar-refractivity contribution in [1.29, 1.82) is 0 Å². The standard InChI is InChI=1S/C17H20N4O2/c22-17(20-9-10-23-16-8-4-7-15(16)20)11-13-12-18-21(19-13)14-5-2-1-3-6-14/h1-3,5-6,12,15-16H,4,7-11H2. The third kappa shape index (κ3) is 2.86. The Kier molecular flexibility index (Phi) is 3.83. The van der Waals surface area contributed by atoms with Crippen LogP contribution in [0.4, 0.5) is 0 Å². The summed E-state index contributed by atoms with van der Waals surface area (Å²) in [7, 11) is 0. The van der Waals surface area contributed by atoms with E-state index in [1.807, 2.05) is 35.2 Å². The van der Waals surface area contributed by atoms with Crippen LogP contribution in [0.1, 0.15) is 25.0 Å². The van der Waals surface area contributed by atoms with Gasteiger partial charge in [-0.1, -0.05) is 18.2 Å². The highest BCUT2D eigenvalue weighted by Crippen LogP contribution is 2.29. The van der Waals surface area contributed by atoms with Crippen LogP contribution in [0, 0.1) is 0 Å². The first-order chi connectivity index (χ1) is 11.3. The lowest BCUT2D eigenvalue weighted by Crippen LogP contribution is -2.51. The van der Waals surface area contributed by atoms with E-state index in [1.54, 1.807) is 11.0 Å². The summed E-state index contributed by atoms with van der Waals surface area (Å²) in [6.45, 7) is 1.33. The largest absolute Gasteiger partial charge is 0.374 e. The number of hydrogen-bond acceptors (Lipinski definition) is 4. The summed E-state index contributed by atoms with van der Waals surface area (Å²) in [6, 6.07) is 9.97. The van der Waals surface area contributed by atoms with E-state index in [9.17, 15) is 4.79 Å². The summed E-state index contributed by atoms with van der Waals surface area (Å²) in [5.74, 6) is 0.130. The third-order valence-corrected chi connectivity index (χ3v) is 4.66. The number of fused-ring (bicyclic) bond motifs is 1. The molecule has 1 saturated carbocycles. The molecule has 2 aliphatic rings. The van der Waals surface area contributed by atoms with Crippen LogP contribution in [0.2, 0.25) is 0 Å². The Hall–Kier alpha value is -2.21. The summed E-state index contributed by atoms with van der Waals surface area (Å²) in [5.41, 5.74) is 1.60. The molecule has 2 atom stereocenters. The zero-order valence-electron chi connectivity index (χ0n) is 13.0. The van der Waals surface area contributed by atoms with Gasteiger partial charge in [-0.25, -0.2) is 0 Å². The quantitative estimate of drug-likeness (QED) is 0.863. The molecule has 0 spiro atoms. The summed E-state index contributed by atoms with van der Waals surface area (Å²) in [4.78, 5) is 16.2. The Morgan fingerprint density at radius 1 is 1.26 bits per heavy atom. The summed E-state index contributed by atoms with van der Waals surface area (Å²) in [5, 5.41) is 8.69. The lowest BCUT2D eigenvalue weighted by Gasteiger charge is -2.37. The third-order valence-electron chi connectivity index (χ3n) is 4.66. The predicted octanol–water partition coefficient (Wildman–Crippen LogP) is 1.59. The minimum atomic E-state index is 0.130. The number of aromatic nitrogens is 3. The number of amides is 1. The van der Waals surface area contributed by atoms with Crippen LogP contribution in [0.5, 0.6) is 0 Å². The Morgan fingerprint density at radius 2 is 2.13 bits per heavy atom. The highest BCUT2D eigenvalue weighted by molar-refractivity contribution is 5.78. The van der Waals surface area contributed by atoms with Gasteiger partial charge in [0.1, 0.15) is 0 Å². The Bertz CT molecular complexity index is 685. The topological polar surface area (TPSA) is 60.2 Å². The predicted molar refractivity (Wildman–Crippen MR) is 84.2 cm³/mol. The number of hydrogen-bond donors (Lipinski definition) is 0. The van der Waals surface area contributed by atoms with Crippen molar-refractivity contribution in [1.82, 2.24) is 19.9 Å². The van der Waals surface area contributed by atoms with Gasteiger partial charge in [-0.2, -0.15) is 15.0 Å². The van der Waals surface area contributed by atoms with Crippen molar-refractivity contribution in [3.05, 3.63) is 42.2 Å². The molecule has 1 aromatic heterocycles. The molecule has 2 fully saturated rings. The van der Waals surface area contributed by atoms with Gasteiger partial charge in [-0.3, -0.25) is 4.79 Å². The molecule has 4 rings (SSSR count). The second-order valence-electron chi connectivity index (χ2n) is 6.13. The lowest BCUT2D eigenvalue weighted by atomic mass is 10.1. The minimum Gasteiger partial charge on any atom is -0.374 e. The molecule has 0 radical (unpaired) electrons. The smallest absolute Gasteiger partial charge is 0.229 e. The van der Waals surface area contributed by atoms with Crippen molar-refractivity contribution in [3.63, 3.8) is 0 Å². The fourth-order valence-corrected chi connectivity index (χ4v) is 3.55. The molecule has 2 aromatic rings. The SMILES string of the molecule is O=C(Cc1cnn(-c2ccccc2)n1)N1CCOC2CCCC21. The Morgan fingerprint density at radius 3 is 3.00 bits per heavy atom. The van der Waals surface area contributed by atoms with E-state index >= 15 is 0 Å². The van der Waals surface area contributed by atoms with Crippen LogP contribution < -0.4 is 0 Å². The number of ether oxygens (including phenoxy) is 1. The Balaban J connectivity index is 1.46. The van der Waals surface area contributed by atoms with Crippen molar-refractivity contribution in [2.24, 2.45) is 0 Å². The van der Waals surface area contributed by atoms with Gasteiger partial charge >= 0.3 is 0 Å². The molecule has 1 aliphatic heterocycles. The lowest BCUT2D eigenvalue weighted by molar-refractivity contribution is -0.143. The van der Waals surface area contributed by atoms with E-state index in [1.165, 1.54) is 0 Å². The zero-order chi connectivity index (χ0) is 15.6. The average molecular weight is 312 g/mol. The monoisotopic (exact) mass is 312 g/mol. The fourth-order valence-electron chi connectivity index (χ4n) is 3.55. The van der Waals surface area contributed by atoms with Crippen LogP contribution in [-0.4, -0.2) is 51.1 Å². The van der Waals surface area contributed by atoms with E-state index in [-0.39, 0.29) is 18.1 Å². The van der Waals surface area contributed by atoms with Gasteiger partial charge < -0.3 is 9.64 Å². The van der Waals surface area contributed by atoms with E-state index in [0.717, 1.165) is 24.9 Å². The number of benzene rings is 1. The van der Waals surface area contributed by atoms with Gasteiger partial charge in [-0.15, -0.1) is 0 Å².